The topological polar surface area (TPSA) is 42.8 Å². The molecule has 4 nitrogen and oxygen atoms in total. The van der Waals surface area contributed by atoms with Gasteiger partial charge in [0.05, 0.1) is 29.6 Å². The Labute approximate surface area is 176 Å². The van der Waals surface area contributed by atoms with Gasteiger partial charge in [-0.2, -0.15) is 18.3 Å². The van der Waals surface area contributed by atoms with Crippen LogP contribution in [0, 0.1) is 0 Å². The molecule has 0 heterocycles. The lowest BCUT2D eigenvalue weighted by Gasteiger charge is -2.12. The van der Waals surface area contributed by atoms with Crippen molar-refractivity contribution in [3.05, 3.63) is 88.4 Å². The second-order valence-corrected chi connectivity index (χ2v) is 6.65. The lowest BCUT2D eigenvalue weighted by atomic mass is 10.2. The molecule has 0 saturated heterocycles. The quantitative estimate of drug-likeness (QED) is 0.346. The minimum absolute atomic E-state index is 0.0526. The maximum absolute atomic E-state index is 12.9. The van der Waals surface area contributed by atoms with Crippen molar-refractivity contribution in [2.75, 3.05) is 12.5 Å². The summed E-state index contributed by atoms with van der Waals surface area (Å²) < 4.78 is 49.7. The number of hydrogen-bond acceptors (Lipinski definition) is 4. The first-order valence-electron chi connectivity index (χ1n) is 8.87. The number of nitrogens with zero attached hydrogens (tertiary/aromatic N) is 1. The molecule has 0 atom stereocenters. The molecule has 3 rings (SSSR count). The maximum Gasteiger partial charge on any atom is 0.416 e. The van der Waals surface area contributed by atoms with Crippen molar-refractivity contribution in [2.45, 2.75) is 12.8 Å². The van der Waals surface area contributed by atoms with E-state index in [0.717, 1.165) is 17.7 Å². The molecule has 1 N–H and O–H groups in total. The Hall–Kier alpha value is -3.19. The first kappa shape index (κ1) is 21.5. The molecule has 0 aliphatic heterocycles. The van der Waals surface area contributed by atoms with Gasteiger partial charge in [-0.3, -0.25) is 5.43 Å². The third-order valence-corrected chi connectivity index (χ3v) is 4.45. The van der Waals surface area contributed by atoms with E-state index in [2.05, 4.69) is 10.5 Å². The third-order valence-electron chi connectivity index (χ3n) is 4.12. The summed E-state index contributed by atoms with van der Waals surface area (Å²) >= 11 is 5.95. The predicted octanol–water partition coefficient (Wildman–Crippen LogP) is 6.39. The van der Waals surface area contributed by atoms with Crippen molar-refractivity contribution in [1.29, 1.82) is 0 Å². The first-order chi connectivity index (χ1) is 14.4. The summed E-state index contributed by atoms with van der Waals surface area (Å²) in [6.45, 7) is 0.357. The van der Waals surface area contributed by atoms with E-state index in [-0.39, 0.29) is 10.7 Å². The van der Waals surface area contributed by atoms with Gasteiger partial charge < -0.3 is 9.47 Å². The van der Waals surface area contributed by atoms with Gasteiger partial charge in [0.2, 0.25) is 0 Å². The standard InChI is InChI=1S/C22H18ClF3N2O2/c1-29-20-10-7-16(11-21(20)30-14-15-5-3-2-4-6-15)13-27-28-19-12-17(22(24,25)26)8-9-18(19)23/h2-13,28H,14H2,1H3/b27-13-. The smallest absolute Gasteiger partial charge is 0.416 e. The summed E-state index contributed by atoms with van der Waals surface area (Å²) in [7, 11) is 1.54. The average Bonchev–Trinajstić information content (AvgIpc) is 2.73. The highest BCUT2D eigenvalue weighted by Crippen LogP contribution is 2.34. The van der Waals surface area contributed by atoms with Gasteiger partial charge in [-0.25, -0.2) is 0 Å². The van der Waals surface area contributed by atoms with Crippen LogP contribution in [0.3, 0.4) is 0 Å². The average molecular weight is 435 g/mol. The Morgan fingerprint density at radius 2 is 1.77 bits per heavy atom. The largest absolute Gasteiger partial charge is 0.493 e. The summed E-state index contributed by atoms with van der Waals surface area (Å²) in [4.78, 5) is 0. The van der Waals surface area contributed by atoms with E-state index in [1.165, 1.54) is 19.4 Å². The second-order valence-electron chi connectivity index (χ2n) is 6.25. The van der Waals surface area contributed by atoms with Gasteiger partial charge in [-0.1, -0.05) is 41.9 Å². The molecule has 0 saturated carbocycles. The van der Waals surface area contributed by atoms with Gasteiger partial charge in [0.15, 0.2) is 11.5 Å². The molecule has 0 radical (unpaired) electrons. The van der Waals surface area contributed by atoms with E-state index in [9.17, 15) is 13.2 Å². The minimum Gasteiger partial charge on any atom is -0.493 e. The lowest BCUT2D eigenvalue weighted by Crippen LogP contribution is -2.05. The van der Waals surface area contributed by atoms with E-state index in [4.69, 9.17) is 21.1 Å². The molecule has 0 amide bonds. The summed E-state index contributed by atoms with van der Waals surface area (Å²) in [6.07, 6.45) is -3.02. The van der Waals surface area contributed by atoms with Crippen LogP contribution in [0.2, 0.25) is 5.02 Å². The number of anilines is 1. The van der Waals surface area contributed by atoms with E-state index in [1.54, 1.807) is 18.2 Å². The molecule has 0 aromatic heterocycles. The van der Waals surface area contributed by atoms with Crippen LogP contribution in [0.15, 0.2) is 71.8 Å². The van der Waals surface area contributed by atoms with Gasteiger partial charge in [-0.05, 0) is 47.5 Å². The number of hydrogen-bond donors (Lipinski definition) is 1. The van der Waals surface area contributed by atoms with Crippen molar-refractivity contribution >= 4 is 23.5 Å². The van der Waals surface area contributed by atoms with Gasteiger partial charge in [-0.15, -0.1) is 0 Å². The van der Waals surface area contributed by atoms with Crippen LogP contribution in [-0.2, 0) is 12.8 Å². The van der Waals surface area contributed by atoms with Crippen molar-refractivity contribution in [3.63, 3.8) is 0 Å². The molecule has 0 bridgehead atoms. The fourth-order valence-electron chi connectivity index (χ4n) is 2.59. The molecular weight excluding hydrogens is 417 g/mol. The molecule has 0 aliphatic rings. The monoisotopic (exact) mass is 434 g/mol. The number of nitrogens with one attached hydrogen (secondary N) is 1. The zero-order valence-electron chi connectivity index (χ0n) is 15.9. The zero-order valence-corrected chi connectivity index (χ0v) is 16.7. The SMILES string of the molecule is COc1ccc(/C=N\Nc2cc(C(F)(F)F)ccc2Cl)cc1OCc1ccccc1. The Bertz CT molecular complexity index is 1020. The molecule has 0 aliphatic carbocycles. The first-order valence-corrected chi connectivity index (χ1v) is 9.25. The molecule has 0 spiro atoms. The Kier molecular flexibility index (Phi) is 6.84. The number of halogens is 4. The summed E-state index contributed by atoms with van der Waals surface area (Å²) in [5.41, 5.74) is 3.44. The summed E-state index contributed by atoms with van der Waals surface area (Å²) in [5.74, 6) is 1.07. The minimum atomic E-state index is -4.47. The maximum atomic E-state index is 12.9. The van der Waals surface area contributed by atoms with Crippen molar-refractivity contribution in [1.82, 2.24) is 0 Å². The highest BCUT2D eigenvalue weighted by Gasteiger charge is 2.30. The van der Waals surface area contributed by atoms with E-state index >= 15 is 0 Å². The number of ether oxygens (including phenoxy) is 2. The number of hydrazone groups is 1. The fraction of sp³-hybridized carbons (Fsp3) is 0.136. The van der Waals surface area contributed by atoms with Gasteiger partial charge in [0.25, 0.3) is 0 Å². The second kappa shape index (κ2) is 9.54. The van der Waals surface area contributed by atoms with Crippen LogP contribution >= 0.6 is 11.6 Å². The molecular formula is C22H18ClF3N2O2. The van der Waals surface area contributed by atoms with Crippen LogP contribution in [0.5, 0.6) is 11.5 Å². The van der Waals surface area contributed by atoms with E-state index in [0.29, 0.717) is 23.7 Å². The van der Waals surface area contributed by atoms with E-state index < -0.39 is 11.7 Å². The Morgan fingerprint density at radius 3 is 2.47 bits per heavy atom. The normalized spacial score (nSPS) is 11.5. The summed E-state index contributed by atoms with van der Waals surface area (Å²) in [5, 5.41) is 4.11. The van der Waals surface area contributed by atoms with Crippen molar-refractivity contribution < 1.29 is 22.6 Å². The van der Waals surface area contributed by atoms with Crippen LogP contribution in [0.4, 0.5) is 18.9 Å². The van der Waals surface area contributed by atoms with Crippen LogP contribution in [-0.4, -0.2) is 13.3 Å². The molecule has 8 heteroatoms. The van der Waals surface area contributed by atoms with Crippen LogP contribution in [0.25, 0.3) is 0 Å². The lowest BCUT2D eigenvalue weighted by molar-refractivity contribution is -0.137. The fourth-order valence-corrected chi connectivity index (χ4v) is 2.75. The number of alkyl halides is 3. The van der Waals surface area contributed by atoms with Crippen molar-refractivity contribution in [3.8, 4) is 11.5 Å². The highest BCUT2D eigenvalue weighted by atomic mass is 35.5. The van der Waals surface area contributed by atoms with Gasteiger partial charge in [0.1, 0.15) is 6.61 Å². The number of rotatable bonds is 7. The molecule has 0 unspecified atom stereocenters. The number of benzene rings is 3. The van der Waals surface area contributed by atoms with Crippen LogP contribution in [0.1, 0.15) is 16.7 Å². The Morgan fingerprint density at radius 1 is 1.00 bits per heavy atom. The van der Waals surface area contributed by atoms with Crippen LogP contribution < -0.4 is 14.9 Å². The highest BCUT2D eigenvalue weighted by molar-refractivity contribution is 6.33. The predicted molar refractivity (Wildman–Crippen MR) is 111 cm³/mol. The molecule has 0 fully saturated rings. The van der Waals surface area contributed by atoms with Gasteiger partial charge in [0, 0.05) is 0 Å². The third kappa shape index (κ3) is 5.67. The van der Waals surface area contributed by atoms with Gasteiger partial charge >= 0.3 is 6.18 Å². The summed E-state index contributed by atoms with van der Waals surface area (Å²) in [6, 6.07) is 17.8. The zero-order chi connectivity index (χ0) is 21.6. The Balaban J connectivity index is 1.73. The van der Waals surface area contributed by atoms with Crippen molar-refractivity contribution in [2.24, 2.45) is 5.10 Å². The molecule has 3 aromatic rings. The molecule has 30 heavy (non-hydrogen) atoms. The molecule has 3 aromatic carbocycles. The number of methoxy groups -OCH3 is 1. The van der Waals surface area contributed by atoms with E-state index in [1.807, 2.05) is 30.3 Å². The molecule has 156 valence electrons.